The van der Waals surface area contributed by atoms with Crippen molar-refractivity contribution in [2.24, 2.45) is 5.41 Å². The standard InChI is InChI=1S/C11H13N3O2/c1-7-5-13-9(16-7)8(2)14-10(15)11(6-12)3-4-11/h5,8H,3-4H2,1-2H3,(H,14,15). The summed E-state index contributed by atoms with van der Waals surface area (Å²) in [6.07, 6.45) is 2.90. The van der Waals surface area contributed by atoms with Gasteiger partial charge in [0.15, 0.2) is 0 Å². The van der Waals surface area contributed by atoms with Crippen molar-refractivity contribution in [1.82, 2.24) is 10.3 Å². The molecule has 2 rings (SSSR count). The number of aryl methyl sites for hydroxylation is 1. The number of nitrogens with one attached hydrogen (secondary N) is 1. The van der Waals surface area contributed by atoms with Gasteiger partial charge < -0.3 is 9.73 Å². The fourth-order valence-corrected chi connectivity index (χ4v) is 1.48. The lowest BCUT2D eigenvalue weighted by Crippen LogP contribution is -2.33. The maximum Gasteiger partial charge on any atom is 0.241 e. The summed E-state index contributed by atoms with van der Waals surface area (Å²) in [4.78, 5) is 15.8. The molecule has 1 aliphatic carbocycles. The van der Waals surface area contributed by atoms with Crippen molar-refractivity contribution >= 4 is 5.91 Å². The summed E-state index contributed by atoms with van der Waals surface area (Å²) in [5.74, 6) is 0.954. The van der Waals surface area contributed by atoms with Crippen LogP contribution in [0.3, 0.4) is 0 Å². The van der Waals surface area contributed by atoms with Crippen molar-refractivity contribution in [2.75, 3.05) is 0 Å². The van der Waals surface area contributed by atoms with Crippen molar-refractivity contribution in [1.29, 1.82) is 5.26 Å². The maximum atomic E-state index is 11.7. The molecule has 1 amide bonds. The van der Waals surface area contributed by atoms with Crippen LogP contribution in [-0.4, -0.2) is 10.9 Å². The average Bonchev–Trinajstić information content (AvgIpc) is 2.95. The van der Waals surface area contributed by atoms with Crippen LogP contribution in [-0.2, 0) is 4.79 Å². The van der Waals surface area contributed by atoms with E-state index in [9.17, 15) is 4.79 Å². The molecule has 1 N–H and O–H groups in total. The first-order valence-corrected chi connectivity index (χ1v) is 5.22. The molecule has 1 fully saturated rings. The second-order valence-electron chi connectivity index (χ2n) is 4.20. The molecule has 1 atom stereocenters. The van der Waals surface area contributed by atoms with Crippen LogP contribution in [0.5, 0.6) is 0 Å². The van der Waals surface area contributed by atoms with E-state index in [1.54, 1.807) is 20.0 Å². The van der Waals surface area contributed by atoms with Crippen LogP contribution in [0, 0.1) is 23.7 Å². The molecule has 5 nitrogen and oxygen atoms in total. The monoisotopic (exact) mass is 219 g/mol. The summed E-state index contributed by atoms with van der Waals surface area (Å²) in [7, 11) is 0. The Bertz CT molecular complexity index is 454. The second-order valence-corrected chi connectivity index (χ2v) is 4.20. The Morgan fingerprint density at radius 2 is 2.44 bits per heavy atom. The number of hydrogen-bond acceptors (Lipinski definition) is 4. The predicted molar refractivity (Wildman–Crippen MR) is 55.1 cm³/mol. The zero-order chi connectivity index (χ0) is 11.8. The number of hydrogen-bond donors (Lipinski definition) is 1. The van der Waals surface area contributed by atoms with Gasteiger partial charge in [-0.3, -0.25) is 4.79 Å². The number of nitriles is 1. The molecule has 1 saturated carbocycles. The molecule has 0 aromatic carbocycles. The second kappa shape index (κ2) is 3.63. The highest BCUT2D eigenvalue weighted by atomic mass is 16.4. The first-order valence-electron chi connectivity index (χ1n) is 5.22. The van der Waals surface area contributed by atoms with Crippen LogP contribution in [0.25, 0.3) is 0 Å². The highest BCUT2D eigenvalue weighted by Crippen LogP contribution is 2.45. The van der Waals surface area contributed by atoms with Gasteiger partial charge in [-0.1, -0.05) is 0 Å². The van der Waals surface area contributed by atoms with Gasteiger partial charge in [-0.05, 0) is 26.7 Å². The van der Waals surface area contributed by atoms with Gasteiger partial charge in [0, 0.05) is 0 Å². The largest absolute Gasteiger partial charge is 0.444 e. The third-order valence-electron chi connectivity index (χ3n) is 2.76. The molecule has 0 radical (unpaired) electrons. The summed E-state index contributed by atoms with van der Waals surface area (Å²) in [5.41, 5.74) is -0.796. The summed E-state index contributed by atoms with van der Waals surface area (Å²) >= 11 is 0. The lowest BCUT2D eigenvalue weighted by molar-refractivity contribution is -0.125. The highest BCUT2D eigenvalue weighted by Gasteiger charge is 2.51. The van der Waals surface area contributed by atoms with Crippen molar-refractivity contribution in [2.45, 2.75) is 32.7 Å². The number of aromatic nitrogens is 1. The summed E-state index contributed by atoms with van der Waals surface area (Å²) in [6.45, 7) is 3.58. The van der Waals surface area contributed by atoms with Gasteiger partial charge in [0.2, 0.25) is 11.8 Å². The molecule has 5 heteroatoms. The van der Waals surface area contributed by atoms with Gasteiger partial charge in [-0.15, -0.1) is 0 Å². The Labute approximate surface area is 93.5 Å². The zero-order valence-electron chi connectivity index (χ0n) is 9.28. The molecule has 1 unspecified atom stereocenters. The Hall–Kier alpha value is -1.83. The zero-order valence-corrected chi connectivity index (χ0v) is 9.28. The van der Waals surface area contributed by atoms with Crippen LogP contribution in [0.2, 0.25) is 0 Å². The van der Waals surface area contributed by atoms with E-state index in [4.69, 9.17) is 9.68 Å². The molecule has 1 aliphatic rings. The van der Waals surface area contributed by atoms with Crippen molar-refractivity contribution < 1.29 is 9.21 Å². The van der Waals surface area contributed by atoms with Crippen molar-refractivity contribution in [3.8, 4) is 6.07 Å². The average molecular weight is 219 g/mol. The molecule has 1 aromatic rings. The lowest BCUT2D eigenvalue weighted by atomic mass is 10.1. The Morgan fingerprint density at radius 1 is 1.75 bits per heavy atom. The first kappa shape index (κ1) is 10.7. The molecule has 16 heavy (non-hydrogen) atoms. The van der Waals surface area contributed by atoms with Crippen LogP contribution in [0.15, 0.2) is 10.6 Å². The Kier molecular flexibility index (Phi) is 2.43. The molecule has 1 aromatic heterocycles. The number of nitrogens with zero attached hydrogens (tertiary/aromatic N) is 2. The quantitative estimate of drug-likeness (QED) is 0.834. The van der Waals surface area contributed by atoms with E-state index in [0.717, 1.165) is 0 Å². The van der Waals surface area contributed by atoms with Gasteiger partial charge in [0.1, 0.15) is 17.2 Å². The van der Waals surface area contributed by atoms with Crippen LogP contribution in [0.4, 0.5) is 0 Å². The Morgan fingerprint density at radius 3 is 2.88 bits per heavy atom. The molecule has 0 spiro atoms. The number of amides is 1. The summed E-state index contributed by atoms with van der Waals surface area (Å²) in [6, 6.07) is 1.75. The molecule has 0 aliphatic heterocycles. The van der Waals surface area contributed by atoms with E-state index in [2.05, 4.69) is 16.4 Å². The van der Waals surface area contributed by atoms with Crippen LogP contribution in [0.1, 0.15) is 37.5 Å². The summed E-state index contributed by atoms with van der Waals surface area (Å²) < 4.78 is 5.30. The molecular formula is C11H13N3O2. The maximum absolute atomic E-state index is 11.7. The van der Waals surface area contributed by atoms with Gasteiger partial charge in [-0.25, -0.2) is 4.98 Å². The normalized spacial score (nSPS) is 18.6. The van der Waals surface area contributed by atoms with Gasteiger partial charge >= 0.3 is 0 Å². The number of oxazole rings is 1. The van der Waals surface area contributed by atoms with E-state index < -0.39 is 5.41 Å². The molecule has 84 valence electrons. The minimum Gasteiger partial charge on any atom is -0.444 e. The number of carbonyl (C=O) groups excluding carboxylic acids is 1. The smallest absolute Gasteiger partial charge is 0.241 e. The third-order valence-corrected chi connectivity index (χ3v) is 2.76. The highest BCUT2D eigenvalue weighted by molar-refractivity contribution is 5.88. The van der Waals surface area contributed by atoms with Crippen LogP contribution < -0.4 is 5.32 Å². The Balaban J connectivity index is 2.01. The van der Waals surface area contributed by atoms with Crippen molar-refractivity contribution in [3.05, 3.63) is 17.8 Å². The van der Waals surface area contributed by atoms with Crippen molar-refractivity contribution in [3.63, 3.8) is 0 Å². The fraction of sp³-hybridized carbons (Fsp3) is 0.545. The van der Waals surface area contributed by atoms with E-state index in [0.29, 0.717) is 24.5 Å². The topological polar surface area (TPSA) is 78.9 Å². The minimum absolute atomic E-state index is 0.224. The molecular weight excluding hydrogens is 206 g/mol. The fourth-order valence-electron chi connectivity index (χ4n) is 1.48. The van der Waals surface area contributed by atoms with Gasteiger partial charge in [0.25, 0.3) is 0 Å². The van der Waals surface area contributed by atoms with Gasteiger partial charge in [0.05, 0.1) is 12.3 Å². The third kappa shape index (κ3) is 1.78. The predicted octanol–water partition coefficient (Wildman–Crippen LogP) is 1.46. The lowest BCUT2D eigenvalue weighted by Gasteiger charge is -2.12. The summed E-state index contributed by atoms with van der Waals surface area (Å²) in [5, 5.41) is 11.6. The number of carbonyl (C=O) groups is 1. The van der Waals surface area contributed by atoms with E-state index in [1.807, 2.05) is 0 Å². The van der Waals surface area contributed by atoms with E-state index >= 15 is 0 Å². The minimum atomic E-state index is -0.796. The molecule has 0 saturated heterocycles. The van der Waals surface area contributed by atoms with E-state index in [1.165, 1.54) is 0 Å². The molecule has 0 bridgehead atoms. The van der Waals surface area contributed by atoms with E-state index in [-0.39, 0.29) is 11.9 Å². The SMILES string of the molecule is Cc1cnc(C(C)NC(=O)C2(C#N)CC2)o1. The first-order chi connectivity index (χ1) is 7.57. The van der Waals surface area contributed by atoms with Crippen LogP contribution >= 0.6 is 0 Å². The molecule has 1 heterocycles. The van der Waals surface area contributed by atoms with Gasteiger partial charge in [-0.2, -0.15) is 5.26 Å². The number of rotatable bonds is 3.